The molecule has 0 aliphatic rings. The van der Waals surface area contributed by atoms with Crippen LogP contribution in [-0.2, 0) is 4.79 Å². The Morgan fingerprint density at radius 2 is 1.90 bits per heavy atom. The van der Waals surface area contributed by atoms with Crippen molar-refractivity contribution in [3.05, 3.63) is 80.7 Å². The lowest BCUT2D eigenvalue weighted by Crippen LogP contribution is -2.24. The molecule has 0 atom stereocenters. The number of hydrogen-bond acceptors (Lipinski definition) is 4. The molecule has 3 rings (SSSR count). The molecule has 0 bridgehead atoms. The van der Waals surface area contributed by atoms with Gasteiger partial charge in [0.1, 0.15) is 5.75 Å². The van der Waals surface area contributed by atoms with Crippen LogP contribution in [-0.4, -0.2) is 23.3 Å². The first kappa shape index (κ1) is 20.6. The monoisotopic (exact) mass is 498 g/mol. The Bertz CT molecular complexity index is 1080. The van der Waals surface area contributed by atoms with Crippen LogP contribution in [0.15, 0.2) is 59.7 Å². The van der Waals surface area contributed by atoms with Crippen LogP contribution < -0.4 is 10.2 Å². The first-order valence-corrected chi connectivity index (χ1v) is 9.95. The minimum Gasteiger partial charge on any atom is -0.484 e. The van der Waals surface area contributed by atoms with Crippen LogP contribution in [0.2, 0.25) is 0 Å². The van der Waals surface area contributed by atoms with Gasteiger partial charge in [-0.2, -0.15) is 10.4 Å². The van der Waals surface area contributed by atoms with Gasteiger partial charge < -0.3 is 9.30 Å². The molecule has 7 heteroatoms. The molecule has 2 aromatic carbocycles. The minimum absolute atomic E-state index is 0.162. The zero-order valence-corrected chi connectivity index (χ0v) is 18.2. The highest BCUT2D eigenvalue weighted by atomic mass is 127. The number of nitrogens with one attached hydrogen (secondary N) is 1. The number of nitriles is 1. The Hall–Kier alpha value is -3.12. The minimum atomic E-state index is -0.364. The average molecular weight is 498 g/mol. The van der Waals surface area contributed by atoms with Gasteiger partial charge in [-0.05, 0) is 91.0 Å². The van der Waals surface area contributed by atoms with Crippen LogP contribution in [0.5, 0.6) is 5.75 Å². The van der Waals surface area contributed by atoms with Gasteiger partial charge in [0.25, 0.3) is 5.91 Å². The summed E-state index contributed by atoms with van der Waals surface area (Å²) in [6.07, 6.45) is 1.63. The number of aromatic nitrogens is 1. The fraction of sp³-hybridized carbons (Fsp3) is 0.136. The molecule has 0 saturated carbocycles. The number of hydrogen-bond donors (Lipinski definition) is 1. The molecule has 1 amide bonds. The van der Waals surface area contributed by atoms with E-state index in [1.807, 2.05) is 26.0 Å². The first-order valence-electron chi connectivity index (χ1n) is 8.87. The van der Waals surface area contributed by atoms with Crippen molar-refractivity contribution >= 4 is 34.7 Å². The predicted molar refractivity (Wildman–Crippen MR) is 120 cm³/mol. The normalized spacial score (nSPS) is 10.7. The Kier molecular flexibility index (Phi) is 6.67. The molecule has 6 nitrogen and oxygen atoms in total. The molecular weight excluding hydrogens is 479 g/mol. The number of amides is 1. The van der Waals surface area contributed by atoms with E-state index in [4.69, 9.17) is 10.00 Å². The molecule has 0 radical (unpaired) electrons. The van der Waals surface area contributed by atoms with Crippen molar-refractivity contribution in [2.24, 2.45) is 5.10 Å². The molecule has 29 heavy (non-hydrogen) atoms. The maximum atomic E-state index is 11.9. The first-order chi connectivity index (χ1) is 14.0. The molecular formula is C22H19IN4O2. The average Bonchev–Trinajstić information content (AvgIpc) is 3.01. The summed E-state index contributed by atoms with van der Waals surface area (Å²) in [4.78, 5) is 11.9. The number of carbonyl (C=O) groups is 1. The Labute approximate surface area is 182 Å². The van der Waals surface area contributed by atoms with E-state index in [-0.39, 0.29) is 12.5 Å². The fourth-order valence-corrected chi connectivity index (χ4v) is 3.25. The van der Waals surface area contributed by atoms with Crippen molar-refractivity contribution in [1.82, 2.24) is 9.99 Å². The third-order valence-electron chi connectivity index (χ3n) is 4.30. The van der Waals surface area contributed by atoms with Crippen LogP contribution in [0.3, 0.4) is 0 Å². The molecule has 0 unspecified atom stereocenters. The molecule has 146 valence electrons. The van der Waals surface area contributed by atoms with Gasteiger partial charge in [0, 0.05) is 26.2 Å². The SMILES string of the molecule is Cc1cc(/C=N\NC(=O)COc2ccc(C#N)cc2)c(C)n1-c1ccc(I)cc1. The van der Waals surface area contributed by atoms with Gasteiger partial charge in [0.05, 0.1) is 17.8 Å². The van der Waals surface area contributed by atoms with Gasteiger partial charge in [-0.25, -0.2) is 5.43 Å². The summed E-state index contributed by atoms with van der Waals surface area (Å²) in [5.74, 6) is 0.154. The van der Waals surface area contributed by atoms with Crippen LogP contribution >= 0.6 is 22.6 Å². The summed E-state index contributed by atoms with van der Waals surface area (Å²) in [5, 5.41) is 12.8. The largest absolute Gasteiger partial charge is 0.484 e. The van der Waals surface area contributed by atoms with Crippen LogP contribution in [0.25, 0.3) is 5.69 Å². The second-order valence-corrected chi connectivity index (χ2v) is 7.60. The summed E-state index contributed by atoms with van der Waals surface area (Å²) in [7, 11) is 0. The van der Waals surface area contributed by atoms with Gasteiger partial charge in [-0.3, -0.25) is 4.79 Å². The maximum Gasteiger partial charge on any atom is 0.277 e. The quantitative estimate of drug-likeness (QED) is 0.316. The van der Waals surface area contributed by atoms with Gasteiger partial charge >= 0.3 is 0 Å². The van der Waals surface area contributed by atoms with Crippen molar-refractivity contribution in [1.29, 1.82) is 5.26 Å². The van der Waals surface area contributed by atoms with Crippen LogP contribution in [0.1, 0.15) is 22.5 Å². The number of halogens is 1. The van der Waals surface area contributed by atoms with Crippen molar-refractivity contribution in [3.8, 4) is 17.5 Å². The summed E-state index contributed by atoms with van der Waals surface area (Å²) in [6, 6.07) is 18.9. The number of rotatable bonds is 6. The van der Waals surface area contributed by atoms with Gasteiger partial charge in [0.2, 0.25) is 0 Å². The lowest BCUT2D eigenvalue weighted by atomic mass is 10.2. The van der Waals surface area contributed by atoms with Gasteiger partial charge in [-0.15, -0.1) is 0 Å². The third-order valence-corrected chi connectivity index (χ3v) is 5.02. The Balaban J connectivity index is 1.60. The van der Waals surface area contributed by atoms with E-state index in [2.05, 4.69) is 62.0 Å². The molecule has 1 aromatic heterocycles. The molecule has 1 heterocycles. The van der Waals surface area contributed by atoms with E-state index in [1.54, 1.807) is 30.5 Å². The zero-order chi connectivity index (χ0) is 20.8. The molecule has 0 aliphatic heterocycles. The third kappa shape index (κ3) is 5.23. The van der Waals surface area contributed by atoms with E-state index < -0.39 is 0 Å². The van der Waals surface area contributed by atoms with E-state index >= 15 is 0 Å². The lowest BCUT2D eigenvalue weighted by Gasteiger charge is -2.09. The molecule has 0 aliphatic carbocycles. The second-order valence-electron chi connectivity index (χ2n) is 6.36. The zero-order valence-electron chi connectivity index (χ0n) is 16.0. The van der Waals surface area contributed by atoms with Crippen molar-refractivity contribution < 1.29 is 9.53 Å². The van der Waals surface area contributed by atoms with Crippen LogP contribution in [0, 0.1) is 28.7 Å². The molecule has 0 spiro atoms. The highest BCUT2D eigenvalue weighted by molar-refractivity contribution is 14.1. The summed E-state index contributed by atoms with van der Waals surface area (Å²) >= 11 is 2.28. The smallest absolute Gasteiger partial charge is 0.277 e. The van der Waals surface area contributed by atoms with Crippen molar-refractivity contribution in [3.63, 3.8) is 0 Å². The number of benzene rings is 2. The highest BCUT2D eigenvalue weighted by Crippen LogP contribution is 2.20. The van der Waals surface area contributed by atoms with E-state index in [9.17, 15) is 4.79 Å². The van der Waals surface area contributed by atoms with E-state index in [1.165, 1.54) is 3.57 Å². The number of carbonyl (C=O) groups excluding carboxylic acids is 1. The second kappa shape index (κ2) is 9.39. The Morgan fingerprint density at radius 1 is 1.21 bits per heavy atom. The fourth-order valence-electron chi connectivity index (χ4n) is 2.89. The number of hydrazone groups is 1. The highest BCUT2D eigenvalue weighted by Gasteiger charge is 2.09. The number of ether oxygens (including phenoxy) is 1. The lowest BCUT2D eigenvalue weighted by molar-refractivity contribution is -0.123. The molecule has 0 fully saturated rings. The van der Waals surface area contributed by atoms with Gasteiger partial charge in [-0.1, -0.05) is 0 Å². The molecule has 1 N–H and O–H groups in total. The number of aryl methyl sites for hydroxylation is 1. The molecule has 3 aromatic rings. The number of nitrogens with zero attached hydrogens (tertiary/aromatic N) is 3. The molecule has 0 saturated heterocycles. The van der Waals surface area contributed by atoms with Crippen LogP contribution in [0.4, 0.5) is 0 Å². The topological polar surface area (TPSA) is 79.4 Å². The maximum absolute atomic E-state index is 11.9. The predicted octanol–water partition coefficient (Wildman–Crippen LogP) is 4.10. The summed E-state index contributed by atoms with van der Waals surface area (Å²) < 4.78 is 8.71. The summed E-state index contributed by atoms with van der Waals surface area (Å²) in [5.41, 5.74) is 7.14. The van der Waals surface area contributed by atoms with E-state index in [0.29, 0.717) is 11.3 Å². The van der Waals surface area contributed by atoms with Crippen molar-refractivity contribution in [2.45, 2.75) is 13.8 Å². The van der Waals surface area contributed by atoms with E-state index in [0.717, 1.165) is 22.6 Å². The van der Waals surface area contributed by atoms with Gasteiger partial charge in [0.15, 0.2) is 6.61 Å². The summed E-state index contributed by atoms with van der Waals surface area (Å²) in [6.45, 7) is 3.89. The standard InChI is InChI=1S/C22H19IN4O2/c1-15-11-18(16(2)27(15)20-7-5-19(23)6-8-20)13-25-26-22(28)14-29-21-9-3-17(12-24)4-10-21/h3-11,13H,14H2,1-2H3,(H,26,28)/b25-13-. The van der Waals surface area contributed by atoms with Crippen molar-refractivity contribution in [2.75, 3.05) is 6.61 Å². The Morgan fingerprint density at radius 3 is 2.55 bits per heavy atom.